The van der Waals surface area contributed by atoms with Crippen LogP contribution in [0.15, 0.2) is 42.5 Å². The molecule has 0 aliphatic heterocycles. The van der Waals surface area contributed by atoms with E-state index in [0.29, 0.717) is 12.2 Å². The summed E-state index contributed by atoms with van der Waals surface area (Å²) in [6.45, 7) is 3.76. The van der Waals surface area contributed by atoms with Gasteiger partial charge in [0.1, 0.15) is 5.02 Å². The van der Waals surface area contributed by atoms with Crippen LogP contribution in [-0.2, 0) is 20.9 Å². The minimum absolute atomic E-state index is 0.0448. The molecule has 0 heterocycles. The van der Waals surface area contributed by atoms with Crippen molar-refractivity contribution in [3.63, 3.8) is 0 Å². The van der Waals surface area contributed by atoms with Gasteiger partial charge in [0.15, 0.2) is 6.61 Å². The third-order valence-electron chi connectivity index (χ3n) is 3.53. The number of ether oxygens (including phenoxy) is 2. The van der Waals surface area contributed by atoms with Crippen LogP contribution in [0.4, 0.5) is 11.4 Å². The highest BCUT2D eigenvalue weighted by Crippen LogP contribution is 2.27. The Balaban J connectivity index is 1.87. The van der Waals surface area contributed by atoms with E-state index in [1.165, 1.54) is 12.1 Å². The van der Waals surface area contributed by atoms with Gasteiger partial charge in [-0.2, -0.15) is 0 Å². The van der Waals surface area contributed by atoms with Crippen LogP contribution in [0.3, 0.4) is 0 Å². The largest absolute Gasteiger partial charge is 0.452 e. The van der Waals surface area contributed by atoms with Crippen molar-refractivity contribution in [2.24, 2.45) is 0 Å². The van der Waals surface area contributed by atoms with Crippen LogP contribution >= 0.6 is 11.6 Å². The SMILES string of the molecule is CC(C)OCc1ccc(C(=O)OCC(=O)Nc2ccc(Cl)c([N+](=O)[O-])c2)cc1. The van der Waals surface area contributed by atoms with Crippen molar-refractivity contribution < 1.29 is 24.0 Å². The second kappa shape index (κ2) is 9.82. The van der Waals surface area contributed by atoms with Gasteiger partial charge in [-0.3, -0.25) is 14.9 Å². The van der Waals surface area contributed by atoms with Gasteiger partial charge in [0, 0.05) is 11.8 Å². The minimum atomic E-state index is -0.659. The van der Waals surface area contributed by atoms with Crippen molar-refractivity contribution in [3.05, 3.63) is 68.7 Å². The molecule has 0 aliphatic rings. The number of rotatable bonds is 8. The lowest BCUT2D eigenvalue weighted by atomic mass is 10.1. The zero-order valence-electron chi connectivity index (χ0n) is 15.3. The first-order valence-corrected chi connectivity index (χ1v) is 8.75. The van der Waals surface area contributed by atoms with Gasteiger partial charge in [0.2, 0.25) is 0 Å². The van der Waals surface area contributed by atoms with Crippen LogP contribution in [-0.4, -0.2) is 29.5 Å². The minimum Gasteiger partial charge on any atom is -0.452 e. The molecule has 0 radical (unpaired) electrons. The number of halogens is 1. The van der Waals surface area contributed by atoms with Gasteiger partial charge < -0.3 is 14.8 Å². The van der Waals surface area contributed by atoms with E-state index >= 15 is 0 Å². The fourth-order valence-electron chi connectivity index (χ4n) is 2.14. The molecule has 28 heavy (non-hydrogen) atoms. The molecule has 1 amide bonds. The Morgan fingerprint density at radius 3 is 2.46 bits per heavy atom. The maximum atomic E-state index is 12.0. The van der Waals surface area contributed by atoms with E-state index in [1.54, 1.807) is 24.3 Å². The molecule has 148 valence electrons. The monoisotopic (exact) mass is 406 g/mol. The summed E-state index contributed by atoms with van der Waals surface area (Å²) >= 11 is 5.71. The number of esters is 1. The van der Waals surface area contributed by atoms with Crippen molar-refractivity contribution in [2.75, 3.05) is 11.9 Å². The normalized spacial score (nSPS) is 10.6. The summed E-state index contributed by atoms with van der Waals surface area (Å²) in [6.07, 6.45) is 0.102. The number of nitrogens with zero attached hydrogens (tertiary/aromatic N) is 1. The molecule has 8 nitrogen and oxygen atoms in total. The van der Waals surface area contributed by atoms with Crippen molar-refractivity contribution in [2.45, 2.75) is 26.6 Å². The summed E-state index contributed by atoms with van der Waals surface area (Å²) in [7, 11) is 0. The molecule has 9 heteroatoms. The van der Waals surface area contributed by atoms with Gasteiger partial charge >= 0.3 is 5.97 Å². The van der Waals surface area contributed by atoms with E-state index in [1.807, 2.05) is 13.8 Å². The van der Waals surface area contributed by atoms with Gasteiger partial charge in [-0.05, 0) is 43.7 Å². The van der Waals surface area contributed by atoms with E-state index in [-0.39, 0.29) is 22.5 Å². The number of hydrogen-bond acceptors (Lipinski definition) is 6. The molecule has 0 bridgehead atoms. The number of anilines is 1. The van der Waals surface area contributed by atoms with E-state index in [2.05, 4.69) is 5.32 Å². The molecule has 0 saturated heterocycles. The number of nitro benzene ring substituents is 1. The number of hydrogen-bond donors (Lipinski definition) is 1. The highest BCUT2D eigenvalue weighted by atomic mass is 35.5. The Bertz CT molecular complexity index is 867. The fraction of sp³-hybridized carbons (Fsp3) is 0.263. The first kappa shape index (κ1) is 21.3. The molecule has 1 N–H and O–H groups in total. The molecule has 2 aromatic rings. The number of nitro groups is 1. The lowest BCUT2D eigenvalue weighted by Gasteiger charge is -2.09. The number of nitrogens with one attached hydrogen (secondary N) is 1. The van der Waals surface area contributed by atoms with Crippen molar-refractivity contribution in [1.82, 2.24) is 0 Å². The Morgan fingerprint density at radius 1 is 1.18 bits per heavy atom. The number of benzene rings is 2. The third kappa shape index (κ3) is 6.33. The first-order valence-electron chi connectivity index (χ1n) is 8.37. The zero-order valence-corrected chi connectivity index (χ0v) is 16.1. The zero-order chi connectivity index (χ0) is 20.7. The standard InChI is InChI=1S/C19H19ClN2O6/c1-12(2)27-10-13-3-5-14(6-4-13)19(24)28-11-18(23)21-15-7-8-16(20)17(9-15)22(25)26/h3-9,12H,10-11H2,1-2H3,(H,21,23). The Hall–Kier alpha value is -2.97. The summed E-state index contributed by atoms with van der Waals surface area (Å²) in [5.41, 5.74) is 1.04. The highest BCUT2D eigenvalue weighted by Gasteiger charge is 2.15. The smallest absolute Gasteiger partial charge is 0.338 e. The van der Waals surface area contributed by atoms with Crippen molar-refractivity contribution >= 4 is 34.9 Å². The number of carbonyl (C=O) groups is 2. The molecule has 2 aromatic carbocycles. The number of amides is 1. The molecule has 0 unspecified atom stereocenters. The number of carbonyl (C=O) groups excluding carboxylic acids is 2. The third-order valence-corrected chi connectivity index (χ3v) is 3.85. The summed E-state index contributed by atoms with van der Waals surface area (Å²) in [5.74, 6) is -1.29. The maximum Gasteiger partial charge on any atom is 0.338 e. The topological polar surface area (TPSA) is 108 Å². The molecule has 0 aromatic heterocycles. The summed E-state index contributed by atoms with van der Waals surface area (Å²) in [5, 5.41) is 13.2. The van der Waals surface area contributed by atoms with Crippen LogP contribution in [0.25, 0.3) is 0 Å². The first-order chi connectivity index (χ1) is 13.3. The highest BCUT2D eigenvalue weighted by molar-refractivity contribution is 6.32. The molecular weight excluding hydrogens is 388 g/mol. The molecule has 0 spiro atoms. The molecular formula is C19H19ClN2O6. The lowest BCUT2D eigenvalue weighted by molar-refractivity contribution is -0.384. The van der Waals surface area contributed by atoms with Crippen LogP contribution in [0, 0.1) is 10.1 Å². The Labute approximate surface area is 166 Å². The van der Waals surface area contributed by atoms with Crippen LogP contribution < -0.4 is 5.32 Å². The predicted octanol–water partition coefficient (Wildman–Crippen LogP) is 3.97. The lowest BCUT2D eigenvalue weighted by Crippen LogP contribution is -2.21. The van der Waals surface area contributed by atoms with E-state index < -0.39 is 23.4 Å². The second-order valence-electron chi connectivity index (χ2n) is 6.10. The van der Waals surface area contributed by atoms with Crippen LogP contribution in [0.1, 0.15) is 29.8 Å². The van der Waals surface area contributed by atoms with Crippen molar-refractivity contribution in [1.29, 1.82) is 0 Å². The summed E-state index contributed by atoms with van der Waals surface area (Å²) < 4.78 is 10.4. The molecule has 0 fully saturated rings. The molecule has 0 saturated carbocycles. The molecule has 0 aliphatic carbocycles. The van der Waals surface area contributed by atoms with E-state index in [0.717, 1.165) is 11.6 Å². The average Bonchev–Trinajstić information content (AvgIpc) is 2.66. The van der Waals surface area contributed by atoms with E-state index in [4.69, 9.17) is 21.1 Å². The van der Waals surface area contributed by atoms with Gasteiger partial charge in [0.25, 0.3) is 11.6 Å². The quantitative estimate of drug-likeness (QED) is 0.403. The molecule has 2 rings (SSSR count). The average molecular weight is 407 g/mol. The predicted molar refractivity (Wildman–Crippen MR) is 103 cm³/mol. The Morgan fingerprint density at radius 2 is 1.86 bits per heavy atom. The fourth-order valence-corrected chi connectivity index (χ4v) is 2.33. The van der Waals surface area contributed by atoms with Gasteiger partial charge in [-0.25, -0.2) is 4.79 Å². The second-order valence-corrected chi connectivity index (χ2v) is 6.51. The Kier molecular flexibility index (Phi) is 7.48. The summed E-state index contributed by atoms with van der Waals surface area (Å²) in [6, 6.07) is 10.5. The van der Waals surface area contributed by atoms with Crippen LogP contribution in [0.5, 0.6) is 0 Å². The maximum absolute atomic E-state index is 12.0. The van der Waals surface area contributed by atoms with Crippen LogP contribution in [0.2, 0.25) is 5.02 Å². The van der Waals surface area contributed by atoms with Crippen molar-refractivity contribution in [3.8, 4) is 0 Å². The summed E-state index contributed by atoms with van der Waals surface area (Å²) in [4.78, 5) is 34.1. The molecule has 0 atom stereocenters. The van der Waals surface area contributed by atoms with E-state index in [9.17, 15) is 19.7 Å². The van der Waals surface area contributed by atoms with Gasteiger partial charge in [-0.15, -0.1) is 0 Å². The van der Waals surface area contributed by atoms with Gasteiger partial charge in [0.05, 0.1) is 23.2 Å². The van der Waals surface area contributed by atoms with Gasteiger partial charge in [-0.1, -0.05) is 23.7 Å².